The molecule has 0 spiro atoms. The van der Waals surface area contributed by atoms with Crippen LogP contribution in [0.1, 0.15) is 5.69 Å². The first-order chi connectivity index (χ1) is 10.1. The second kappa shape index (κ2) is 7.83. The van der Waals surface area contributed by atoms with E-state index >= 15 is 0 Å². The number of ether oxygens (including phenoxy) is 1. The van der Waals surface area contributed by atoms with Crippen molar-refractivity contribution in [3.8, 4) is 0 Å². The van der Waals surface area contributed by atoms with Crippen LogP contribution in [0.4, 0.5) is 0 Å². The van der Waals surface area contributed by atoms with Gasteiger partial charge in [-0.25, -0.2) is 13.1 Å². The summed E-state index contributed by atoms with van der Waals surface area (Å²) >= 11 is 0. The van der Waals surface area contributed by atoms with Gasteiger partial charge in [-0.05, 0) is 7.05 Å². The van der Waals surface area contributed by atoms with Gasteiger partial charge in [0.05, 0.1) is 37.0 Å². The first-order valence-electron chi connectivity index (χ1n) is 7.13. The summed E-state index contributed by atoms with van der Waals surface area (Å²) in [4.78, 5) is 2.10. The molecule has 1 fully saturated rings. The van der Waals surface area contributed by atoms with Crippen LogP contribution in [0, 0.1) is 0 Å². The van der Waals surface area contributed by atoms with Crippen molar-refractivity contribution in [2.75, 3.05) is 51.4 Å². The van der Waals surface area contributed by atoms with Crippen molar-refractivity contribution >= 4 is 9.84 Å². The molecule has 0 atom stereocenters. The number of aromatic nitrogens is 3. The average Bonchev–Trinajstić information content (AvgIpc) is 2.89. The molecule has 0 aromatic carbocycles. The van der Waals surface area contributed by atoms with E-state index in [1.807, 2.05) is 13.2 Å². The highest BCUT2D eigenvalue weighted by Crippen LogP contribution is 2.07. The summed E-state index contributed by atoms with van der Waals surface area (Å²) in [6.45, 7) is 4.58. The number of rotatable bonds is 8. The fourth-order valence-corrected chi connectivity index (χ4v) is 3.37. The maximum Gasteiger partial charge on any atom is 0.152 e. The van der Waals surface area contributed by atoms with Gasteiger partial charge in [0, 0.05) is 32.4 Å². The number of nitrogens with zero attached hydrogens (tertiary/aromatic N) is 4. The molecule has 0 bridgehead atoms. The molecule has 120 valence electrons. The molecule has 1 N–H and O–H groups in total. The fraction of sp³-hybridized carbons (Fsp3) is 0.833. The monoisotopic (exact) mass is 317 g/mol. The van der Waals surface area contributed by atoms with Crippen molar-refractivity contribution in [2.45, 2.75) is 13.1 Å². The van der Waals surface area contributed by atoms with Gasteiger partial charge in [0.15, 0.2) is 9.84 Å². The molecule has 21 heavy (non-hydrogen) atoms. The van der Waals surface area contributed by atoms with Crippen LogP contribution in [0.5, 0.6) is 0 Å². The van der Waals surface area contributed by atoms with Crippen molar-refractivity contribution < 1.29 is 13.2 Å². The minimum Gasteiger partial charge on any atom is -0.378 e. The molecule has 0 saturated carbocycles. The largest absolute Gasteiger partial charge is 0.378 e. The number of nitrogens with one attached hydrogen (secondary N) is 1. The van der Waals surface area contributed by atoms with E-state index in [4.69, 9.17) is 4.74 Å². The molecule has 2 rings (SSSR count). The SMILES string of the molecule is CNCCOCCn1cc(CN2CCS(=O)(=O)CC2)nn1. The van der Waals surface area contributed by atoms with E-state index in [-0.39, 0.29) is 11.5 Å². The highest BCUT2D eigenvalue weighted by molar-refractivity contribution is 7.91. The van der Waals surface area contributed by atoms with Crippen molar-refractivity contribution in [2.24, 2.45) is 0 Å². The molecular weight excluding hydrogens is 294 g/mol. The van der Waals surface area contributed by atoms with Crippen molar-refractivity contribution in [1.29, 1.82) is 0 Å². The zero-order valence-corrected chi connectivity index (χ0v) is 13.2. The second-order valence-corrected chi connectivity index (χ2v) is 7.42. The summed E-state index contributed by atoms with van der Waals surface area (Å²) in [6, 6.07) is 0. The summed E-state index contributed by atoms with van der Waals surface area (Å²) in [5.41, 5.74) is 0.865. The van der Waals surface area contributed by atoms with Crippen LogP contribution in [0.3, 0.4) is 0 Å². The van der Waals surface area contributed by atoms with Gasteiger partial charge < -0.3 is 10.1 Å². The summed E-state index contributed by atoms with van der Waals surface area (Å²) in [5.74, 6) is 0.473. The standard InChI is InChI=1S/C12H23N5O3S/c1-13-2-6-20-7-3-17-11-12(14-15-17)10-16-4-8-21(18,19)9-5-16/h11,13H,2-10H2,1H3. The third-order valence-corrected chi connectivity index (χ3v) is 4.98. The molecule has 0 aliphatic carbocycles. The van der Waals surface area contributed by atoms with Gasteiger partial charge in [-0.15, -0.1) is 5.10 Å². The predicted octanol–water partition coefficient (Wildman–Crippen LogP) is -1.26. The van der Waals surface area contributed by atoms with E-state index < -0.39 is 9.84 Å². The molecular formula is C12H23N5O3S. The molecule has 1 saturated heterocycles. The van der Waals surface area contributed by atoms with E-state index in [0.29, 0.717) is 39.4 Å². The first kappa shape index (κ1) is 16.3. The van der Waals surface area contributed by atoms with Crippen molar-refractivity contribution in [3.63, 3.8) is 0 Å². The van der Waals surface area contributed by atoms with Crippen LogP contribution in [-0.4, -0.2) is 79.7 Å². The molecule has 1 aromatic heterocycles. The maximum absolute atomic E-state index is 11.4. The van der Waals surface area contributed by atoms with Crippen LogP contribution in [0.2, 0.25) is 0 Å². The van der Waals surface area contributed by atoms with Gasteiger partial charge in [-0.2, -0.15) is 0 Å². The van der Waals surface area contributed by atoms with Gasteiger partial charge in [0.1, 0.15) is 0 Å². The maximum atomic E-state index is 11.4. The van der Waals surface area contributed by atoms with Crippen molar-refractivity contribution in [1.82, 2.24) is 25.2 Å². The smallest absolute Gasteiger partial charge is 0.152 e. The van der Waals surface area contributed by atoms with Crippen LogP contribution in [-0.2, 0) is 27.7 Å². The topological polar surface area (TPSA) is 89.4 Å². The Morgan fingerprint density at radius 1 is 1.33 bits per heavy atom. The van der Waals surface area contributed by atoms with Gasteiger partial charge >= 0.3 is 0 Å². The van der Waals surface area contributed by atoms with Crippen LogP contribution in [0.15, 0.2) is 6.20 Å². The van der Waals surface area contributed by atoms with E-state index in [1.54, 1.807) is 4.68 Å². The molecule has 1 aromatic rings. The van der Waals surface area contributed by atoms with E-state index in [1.165, 1.54) is 0 Å². The molecule has 2 heterocycles. The van der Waals surface area contributed by atoms with Crippen LogP contribution >= 0.6 is 0 Å². The molecule has 0 radical (unpaired) electrons. The Balaban J connectivity index is 1.71. The van der Waals surface area contributed by atoms with Gasteiger partial charge in [-0.3, -0.25) is 4.90 Å². The zero-order chi connectivity index (χ0) is 15.1. The second-order valence-electron chi connectivity index (χ2n) is 5.12. The normalized spacial score (nSPS) is 18.9. The Kier molecular flexibility index (Phi) is 6.09. The lowest BCUT2D eigenvalue weighted by Gasteiger charge is -2.25. The molecule has 9 heteroatoms. The summed E-state index contributed by atoms with van der Waals surface area (Å²) in [6.07, 6.45) is 1.89. The lowest BCUT2D eigenvalue weighted by Crippen LogP contribution is -2.39. The quantitative estimate of drug-likeness (QED) is 0.599. The average molecular weight is 317 g/mol. The Labute approximate surface area is 125 Å². The third kappa shape index (κ3) is 5.70. The summed E-state index contributed by atoms with van der Waals surface area (Å²) in [5, 5.41) is 11.2. The van der Waals surface area contributed by atoms with Gasteiger partial charge in [0.25, 0.3) is 0 Å². The Bertz CT molecular complexity index is 517. The minimum absolute atomic E-state index is 0.237. The van der Waals surface area contributed by atoms with Gasteiger partial charge in [0.2, 0.25) is 0 Å². The highest BCUT2D eigenvalue weighted by atomic mass is 32.2. The third-order valence-electron chi connectivity index (χ3n) is 3.37. The minimum atomic E-state index is -2.83. The fourth-order valence-electron chi connectivity index (χ4n) is 2.09. The Morgan fingerprint density at radius 2 is 2.10 bits per heavy atom. The highest BCUT2D eigenvalue weighted by Gasteiger charge is 2.22. The number of likely N-dealkylation sites (N-methyl/N-ethyl adjacent to an activating group) is 1. The molecule has 0 unspecified atom stereocenters. The van der Waals surface area contributed by atoms with E-state index in [9.17, 15) is 8.42 Å². The van der Waals surface area contributed by atoms with E-state index in [0.717, 1.165) is 12.2 Å². The van der Waals surface area contributed by atoms with Gasteiger partial charge in [-0.1, -0.05) is 5.21 Å². The molecule has 0 amide bonds. The zero-order valence-electron chi connectivity index (χ0n) is 12.4. The predicted molar refractivity (Wildman–Crippen MR) is 78.7 cm³/mol. The first-order valence-corrected chi connectivity index (χ1v) is 8.95. The Hall–Kier alpha value is -1.03. The number of hydrogen-bond donors (Lipinski definition) is 1. The molecule has 8 nitrogen and oxygen atoms in total. The van der Waals surface area contributed by atoms with Crippen LogP contribution in [0.25, 0.3) is 0 Å². The van der Waals surface area contributed by atoms with Crippen LogP contribution < -0.4 is 5.32 Å². The lowest BCUT2D eigenvalue weighted by atomic mass is 10.4. The summed E-state index contributed by atoms with van der Waals surface area (Å²) < 4.78 is 29.9. The molecule has 1 aliphatic heterocycles. The Morgan fingerprint density at radius 3 is 2.81 bits per heavy atom. The number of sulfone groups is 1. The number of hydrogen-bond acceptors (Lipinski definition) is 7. The van der Waals surface area contributed by atoms with Crippen molar-refractivity contribution in [3.05, 3.63) is 11.9 Å². The molecule has 1 aliphatic rings. The van der Waals surface area contributed by atoms with E-state index in [2.05, 4.69) is 20.5 Å². The summed E-state index contributed by atoms with van der Waals surface area (Å²) in [7, 11) is -0.939. The lowest BCUT2D eigenvalue weighted by molar-refractivity contribution is 0.126.